The molecule has 2 rings (SSSR count). The maximum atomic E-state index is 11.5. The Kier molecular flexibility index (Phi) is 4.74. The third-order valence-electron chi connectivity index (χ3n) is 3.43. The van der Waals surface area contributed by atoms with Crippen LogP contribution in [-0.2, 0) is 4.74 Å². The van der Waals surface area contributed by atoms with Crippen molar-refractivity contribution in [2.45, 2.75) is 44.7 Å². The molecule has 1 aromatic heterocycles. The first-order valence-electron chi connectivity index (χ1n) is 6.86. The second-order valence-corrected chi connectivity index (χ2v) is 4.85. The number of nitrogens with two attached hydrogens (primary N) is 1. The zero-order valence-corrected chi connectivity index (χ0v) is 11.3. The lowest BCUT2D eigenvalue weighted by Crippen LogP contribution is -2.42. The van der Waals surface area contributed by atoms with Crippen LogP contribution in [-0.4, -0.2) is 29.6 Å². The van der Waals surface area contributed by atoms with E-state index in [-0.39, 0.29) is 18.1 Å². The van der Waals surface area contributed by atoms with Crippen LogP contribution in [0, 0.1) is 0 Å². The Bertz CT molecular complexity index is 419. The van der Waals surface area contributed by atoms with Gasteiger partial charge in [0.15, 0.2) is 0 Å². The van der Waals surface area contributed by atoms with Gasteiger partial charge in [0.1, 0.15) is 5.82 Å². The van der Waals surface area contributed by atoms with Gasteiger partial charge < -0.3 is 15.8 Å². The number of hydrogen-bond acceptors (Lipinski definition) is 5. The van der Waals surface area contributed by atoms with Crippen molar-refractivity contribution in [1.29, 1.82) is 0 Å². The van der Waals surface area contributed by atoms with Gasteiger partial charge in [-0.15, -0.1) is 0 Å². The number of ether oxygens (including phenoxy) is 1. The van der Waals surface area contributed by atoms with E-state index >= 15 is 0 Å². The zero-order valence-electron chi connectivity index (χ0n) is 11.3. The molecule has 0 amide bonds. The third-order valence-corrected chi connectivity index (χ3v) is 3.43. The van der Waals surface area contributed by atoms with Crippen molar-refractivity contribution >= 4 is 11.8 Å². The van der Waals surface area contributed by atoms with Crippen LogP contribution in [0.25, 0.3) is 0 Å². The average Bonchev–Trinajstić information content (AvgIpc) is 2.42. The van der Waals surface area contributed by atoms with Crippen molar-refractivity contribution < 1.29 is 9.53 Å². The Morgan fingerprint density at radius 2 is 2.26 bits per heavy atom. The summed E-state index contributed by atoms with van der Waals surface area (Å²) in [6.07, 6.45) is 6.07. The molecule has 0 bridgehead atoms. The molecular weight excluding hydrogens is 242 g/mol. The Balaban J connectivity index is 1.96. The molecule has 1 aliphatic carbocycles. The van der Waals surface area contributed by atoms with Crippen LogP contribution in [0.3, 0.4) is 0 Å². The topological polar surface area (TPSA) is 77.2 Å². The van der Waals surface area contributed by atoms with Gasteiger partial charge >= 0.3 is 5.97 Å². The van der Waals surface area contributed by atoms with Crippen molar-refractivity contribution in [2.24, 2.45) is 5.73 Å². The molecule has 0 unspecified atom stereocenters. The predicted molar refractivity (Wildman–Crippen MR) is 74.0 cm³/mol. The molecule has 5 nitrogen and oxygen atoms in total. The van der Waals surface area contributed by atoms with Crippen molar-refractivity contribution in [3.05, 3.63) is 23.9 Å². The largest absolute Gasteiger partial charge is 0.462 e. The summed E-state index contributed by atoms with van der Waals surface area (Å²) in [6.45, 7) is 2.15. The molecule has 19 heavy (non-hydrogen) atoms. The summed E-state index contributed by atoms with van der Waals surface area (Å²) < 4.78 is 4.92. The number of nitrogens with one attached hydrogen (secondary N) is 1. The second-order valence-electron chi connectivity index (χ2n) is 4.85. The minimum Gasteiger partial charge on any atom is -0.462 e. The van der Waals surface area contributed by atoms with Crippen molar-refractivity contribution in [3.8, 4) is 0 Å². The van der Waals surface area contributed by atoms with E-state index in [1.165, 1.54) is 19.0 Å². The first-order chi connectivity index (χ1) is 9.20. The first-order valence-corrected chi connectivity index (χ1v) is 6.86. The summed E-state index contributed by atoms with van der Waals surface area (Å²) in [5.41, 5.74) is 6.55. The molecule has 0 aliphatic heterocycles. The van der Waals surface area contributed by atoms with Gasteiger partial charge in [-0.25, -0.2) is 9.78 Å². The summed E-state index contributed by atoms with van der Waals surface area (Å²) >= 11 is 0. The summed E-state index contributed by atoms with van der Waals surface area (Å²) in [7, 11) is 0. The highest BCUT2D eigenvalue weighted by Gasteiger charge is 2.21. The maximum absolute atomic E-state index is 11.5. The minimum absolute atomic E-state index is 0.181. The van der Waals surface area contributed by atoms with E-state index in [1.54, 1.807) is 19.1 Å². The number of hydrogen-bond donors (Lipinski definition) is 2. The Labute approximate surface area is 113 Å². The van der Waals surface area contributed by atoms with E-state index in [9.17, 15) is 4.79 Å². The number of carbonyl (C=O) groups excluding carboxylic acids is 1. The lowest BCUT2D eigenvalue weighted by molar-refractivity contribution is 0.0526. The smallest absolute Gasteiger partial charge is 0.339 e. The summed E-state index contributed by atoms with van der Waals surface area (Å²) in [5.74, 6) is 0.423. The molecule has 1 fully saturated rings. The molecule has 1 aromatic rings. The monoisotopic (exact) mass is 263 g/mol. The highest BCUT2D eigenvalue weighted by atomic mass is 16.5. The van der Waals surface area contributed by atoms with Crippen molar-refractivity contribution in [2.75, 3.05) is 11.9 Å². The van der Waals surface area contributed by atoms with Crippen LogP contribution in [0.2, 0.25) is 0 Å². The lowest BCUT2D eigenvalue weighted by Gasteiger charge is -2.29. The molecule has 0 spiro atoms. The zero-order chi connectivity index (χ0) is 13.7. The number of pyridine rings is 1. The molecule has 5 heteroatoms. The van der Waals surface area contributed by atoms with Gasteiger partial charge in [0.2, 0.25) is 0 Å². The van der Waals surface area contributed by atoms with Crippen LogP contribution in [0.4, 0.5) is 5.82 Å². The SMILES string of the molecule is CCOC(=O)c1ccc(N[C@@H]2CCCC[C@H]2N)nc1. The molecule has 2 atom stereocenters. The predicted octanol–water partition coefficient (Wildman–Crippen LogP) is 1.94. The van der Waals surface area contributed by atoms with Gasteiger partial charge in [0.05, 0.1) is 12.2 Å². The van der Waals surface area contributed by atoms with E-state index in [4.69, 9.17) is 10.5 Å². The van der Waals surface area contributed by atoms with Gasteiger partial charge in [-0.1, -0.05) is 12.8 Å². The first kappa shape index (κ1) is 13.8. The number of rotatable bonds is 4. The Morgan fingerprint density at radius 3 is 2.89 bits per heavy atom. The van der Waals surface area contributed by atoms with Crippen LogP contribution in [0.1, 0.15) is 43.0 Å². The second kappa shape index (κ2) is 6.52. The van der Waals surface area contributed by atoms with Crippen LogP contribution in [0.15, 0.2) is 18.3 Å². The standard InChI is InChI=1S/C14H21N3O2/c1-2-19-14(18)10-7-8-13(16-9-10)17-12-6-4-3-5-11(12)15/h7-9,11-12H,2-6,15H2,1H3,(H,16,17)/t11-,12-/m1/s1. The van der Waals surface area contributed by atoms with E-state index in [1.807, 2.05) is 0 Å². The fraction of sp³-hybridized carbons (Fsp3) is 0.571. The molecule has 3 N–H and O–H groups in total. The molecule has 104 valence electrons. The fourth-order valence-corrected chi connectivity index (χ4v) is 2.34. The third kappa shape index (κ3) is 3.67. The number of nitrogens with zero attached hydrogens (tertiary/aromatic N) is 1. The summed E-state index contributed by atoms with van der Waals surface area (Å²) in [5, 5.41) is 3.34. The number of esters is 1. The number of anilines is 1. The number of aromatic nitrogens is 1. The van der Waals surface area contributed by atoms with Gasteiger partial charge in [0, 0.05) is 18.3 Å². The van der Waals surface area contributed by atoms with Crippen molar-refractivity contribution in [1.82, 2.24) is 4.98 Å². The molecule has 0 radical (unpaired) electrons. The van der Waals surface area contributed by atoms with Gasteiger partial charge in [-0.3, -0.25) is 0 Å². The molecule has 0 aromatic carbocycles. The average molecular weight is 263 g/mol. The van der Waals surface area contributed by atoms with Crippen LogP contribution < -0.4 is 11.1 Å². The molecule has 1 aliphatic rings. The van der Waals surface area contributed by atoms with Crippen molar-refractivity contribution in [3.63, 3.8) is 0 Å². The summed E-state index contributed by atoms with van der Waals surface area (Å²) in [6, 6.07) is 3.98. The molecule has 1 saturated carbocycles. The molecular formula is C14H21N3O2. The van der Waals surface area contributed by atoms with Gasteiger partial charge in [-0.05, 0) is 31.9 Å². The van der Waals surface area contributed by atoms with E-state index in [0.717, 1.165) is 18.7 Å². The quantitative estimate of drug-likeness (QED) is 0.812. The van der Waals surface area contributed by atoms with Crippen LogP contribution >= 0.6 is 0 Å². The van der Waals surface area contributed by atoms with Gasteiger partial charge in [-0.2, -0.15) is 0 Å². The maximum Gasteiger partial charge on any atom is 0.339 e. The number of carbonyl (C=O) groups is 1. The van der Waals surface area contributed by atoms with Gasteiger partial charge in [0.25, 0.3) is 0 Å². The van der Waals surface area contributed by atoms with Crippen LogP contribution in [0.5, 0.6) is 0 Å². The summed E-state index contributed by atoms with van der Waals surface area (Å²) in [4.78, 5) is 15.7. The van der Waals surface area contributed by atoms with E-state index < -0.39 is 0 Å². The normalized spacial score (nSPS) is 22.8. The Morgan fingerprint density at radius 1 is 1.47 bits per heavy atom. The highest BCUT2D eigenvalue weighted by molar-refractivity contribution is 5.89. The molecule has 1 heterocycles. The van der Waals surface area contributed by atoms with E-state index in [2.05, 4.69) is 10.3 Å². The minimum atomic E-state index is -0.337. The Hall–Kier alpha value is -1.62. The highest BCUT2D eigenvalue weighted by Crippen LogP contribution is 2.20. The van der Waals surface area contributed by atoms with E-state index in [0.29, 0.717) is 12.2 Å². The fourth-order valence-electron chi connectivity index (χ4n) is 2.34. The molecule has 0 saturated heterocycles. The lowest BCUT2D eigenvalue weighted by atomic mass is 9.91.